The second kappa shape index (κ2) is 8.62. The van der Waals surface area contributed by atoms with Crippen molar-refractivity contribution in [3.63, 3.8) is 0 Å². The summed E-state index contributed by atoms with van der Waals surface area (Å²) in [5.74, 6) is 0. The highest BCUT2D eigenvalue weighted by atomic mass is 79.9. The van der Waals surface area contributed by atoms with E-state index in [2.05, 4.69) is 143 Å². The Hall–Kier alpha value is -3.94. The van der Waals surface area contributed by atoms with Crippen molar-refractivity contribution in [2.24, 2.45) is 0 Å². The monoisotopic (exact) mass is 522 g/mol. The molecule has 0 N–H and O–H groups in total. The maximum absolute atomic E-state index is 3.71. The van der Waals surface area contributed by atoms with Crippen LogP contribution in [-0.2, 0) is 5.33 Å². The molecule has 0 saturated carbocycles. The van der Waals surface area contributed by atoms with E-state index in [-0.39, 0.29) is 0 Å². The molecule has 36 heavy (non-hydrogen) atoms. The average Bonchev–Trinajstić information content (AvgIpc) is 2.95. The Bertz CT molecular complexity index is 1920. The van der Waals surface area contributed by atoms with E-state index in [1.165, 1.54) is 70.9 Å². The normalized spacial score (nSPS) is 11.6. The summed E-state index contributed by atoms with van der Waals surface area (Å²) in [7, 11) is 0. The van der Waals surface area contributed by atoms with E-state index >= 15 is 0 Å². The SMILES string of the molecule is BrCc1ccc2c(-c3cccc4ccccc34)c3ccccc3c(-c3cccc4ccccc34)c2c1. The van der Waals surface area contributed by atoms with Crippen molar-refractivity contribution in [1.82, 2.24) is 0 Å². The largest absolute Gasteiger partial charge is 0.0876 e. The van der Waals surface area contributed by atoms with Gasteiger partial charge in [0.1, 0.15) is 0 Å². The summed E-state index contributed by atoms with van der Waals surface area (Å²) < 4.78 is 0. The number of benzene rings is 7. The number of fused-ring (bicyclic) bond motifs is 4. The van der Waals surface area contributed by atoms with Crippen molar-refractivity contribution in [2.75, 3.05) is 0 Å². The number of rotatable bonds is 3. The van der Waals surface area contributed by atoms with Crippen molar-refractivity contribution in [1.29, 1.82) is 0 Å². The van der Waals surface area contributed by atoms with Gasteiger partial charge < -0.3 is 0 Å². The second-order valence-corrected chi connectivity index (χ2v) is 9.92. The van der Waals surface area contributed by atoms with Crippen LogP contribution in [0.5, 0.6) is 0 Å². The molecule has 1 heteroatoms. The molecule has 0 heterocycles. The van der Waals surface area contributed by atoms with Crippen LogP contribution in [0.4, 0.5) is 0 Å². The molecule has 0 saturated heterocycles. The lowest BCUT2D eigenvalue weighted by Gasteiger charge is -2.20. The summed E-state index contributed by atoms with van der Waals surface area (Å²) in [4.78, 5) is 0. The van der Waals surface area contributed by atoms with E-state index in [0.717, 1.165) is 5.33 Å². The average molecular weight is 523 g/mol. The minimum Gasteiger partial charge on any atom is -0.0876 e. The fraction of sp³-hybridized carbons (Fsp3) is 0.0286. The molecule has 0 nitrogen and oxygen atoms in total. The van der Waals surface area contributed by atoms with E-state index in [1.54, 1.807) is 0 Å². The zero-order valence-electron chi connectivity index (χ0n) is 19.7. The Balaban J connectivity index is 1.72. The molecule has 0 unspecified atom stereocenters. The summed E-state index contributed by atoms with van der Waals surface area (Å²) >= 11 is 3.71. The van der Waals surface area contributed by atoms with Crippen LogP contribution in [0, 0.1) is 0 Å². The molecule has 0 amide bonds. The number of halogens is 1. The lowest BCUT2D eigenvalue weighted by Crippen LogP contribution is -1.93. The number of hydrogen-bond acceptors (Lipinski definition) is 0. The number of alkyl halides is 1. The Kier molecular flexibility index (Phi) is 5.11. The first-order valence-electron chi connectivity index (χ1n) is 12.3. The van der Waals surface area contributed by atoms with E-state index in [9.17, 15) is 0 Å². The highest BCUT2D eigenvalue weighted by Crippen LogP contribution is 2.46. The van der Waals surface area contributed by atoms with Gasteiger partial charge in [-0.2, -0.15) is 0 Å². The summed E-state index contributed by atoms with van der Waals surface area (Å²) in [6.07, 6.45) is 0. The van der Waals surface area contributed by atoms with Crippen LogP contribution in [-0.4, -0.2) is 0 Å². The molecule has 0 spiro atoms. The Labute approximate surface area is 219 Å². The molecule has 0 aliphatic heterocycles. The van der Waals surface area contributed by atoms with Crippen molar-refractivity contribution >= 4 is 59.0 Å². The highest BCUT2D eigenvalue weighted by molar-refractivity contribution is 9.08. The standard InChI is InChI=1S/C35H23Br/c36-22-23-19-20-32-33(21-23)35(29-18-8-12-25-10-2-4-14-27(25)29)31-16-6-5-15-30(31)34(32)28-17-7-11-24-9-1-3-13-26(24)28/h1-21H,22H2. The second-order valence-electron chi connectivity index (χ2n) is 9.36. The van der Waals surface area contributed by atoms with E-state index in [0.29, 0.717) is 0 Å². The van der Waals surface area contributed by atoms with Gasteiger partial charge in [0.25, 0.3) is 0 Å². The highest BCUT2D eigenvalue weighted by Gasteiger charge is 2.19. The van der Waals surface area contributed by atoms with Gasteiger partial charge in [0.05, 0.1) is 0 Å². The molecule has 0 radical (unpaired) electrons. The molecule has 0 fully saturated rings. The molecule has 0 aromatic heterocycles. The predicted octanol–water partition coefficient (Wildman–Crippen LogP) is 10.5. The van der Waals surface area contributed by atoms with Crippen molar-refractivity contribution in [3.05, 3.63) is 133 Å². The topological polar surface area (TPSA) is 0 Å². The summed E-state index contributed by atoms with van der Waals surface area (Å²) in [6.45, 7) is 0. The fourth-order valence-electron chi connectivity index (χ4n) is 5.78. The van der Waals surface area contributed by atoms with Gasteiger partial charge in [0.2, 0.25) is 0 Å². The first kappa shape index (κ1) is 21.4. The zero-order chi connectivity index (χ0) is 24.1. The first-order chi connectivity index (χ1) is 17.8. The molecule has 0 bridgehead atoms. The van der Waals surface area contributed by atoms with Crippen LogP contribution in [0.2, 0.25) is 0 Å². The molecule has 7 rings (SSSR count). The van der Waals surface area contributed by atoms with Crippen LogP contribution >= 0.6 is 15.9 Å². The van der Waals surface area contributed by atoms with Crippen LogP contribution in [0.15, 0.2) is 127 Å². The summed E-state index contributed by atoms with van der Waals surface area (Å²) in [5.41, 5.74) is 6.46. The van der Waals surface area contributed by atoms with Gasteiger partial charge in [-0.25, -0.2) is 0 Å². The van der Waals surface area contributed by atoms with Gasteiger partial charge in [-0.05, 0) is 77.0 Å². The summed E-state index contributed by atoms with van der Waals surface area (Å²) in [5, 5.41) is 11.1. The molecule has 7 aromatic carbocycles. The zero-order valence-corrected chi connectivity index (χ0v) is 21.3. The Morgan fingerprint density at radius 3 is 1.39 bits per heavy atom. The molecule has 170 valence electrons. The van der Waals surface area contributed by atoms with Gasteiger partial charge in [0, 0.05) is 5.33 Å². The lowest BCUT2D eigenvalue weighted by atomic mass is 9.83. The predicted molar refractivity (Wildman–Crippen MR) is 160 cm³/mol. The lowest BCUT2D eigenvalue weighted by molar-refractivity contribution is 1.47. The molecule has 0 aliphatic carbocycles. The van der Waals surface area contributed by atoms with Crippen molar-refractivity contribution in [2.45, 2.75) is 5.33 Å². The van der Waals surface area contributed by atoms with Crippen LogP contribution < -0.4 is 0 Å². The third-order valence-electron chi connectivity index (χ3n) is 7.36. The molecule has 0 atom stereocenters. The maximum Gasteiger partial charge on any atom is 0.0283 e. The quantitative estimate of drug-likeness (QED) is 0.160. The smallest absolute Gasteiger partial charge is 0.0283 e. The van der Waals surface area contributed by atoms with Gasteiger partial charge in [0.15, 0.2) is 0 Å². The van der Waals surface area contributed by atoms with Crippen molar-refractivity contribution < 1.29 is 0 Å². The van der Waals surface area contributed by atoms with Crippen LogP contribution in [0.1, 0.15) is 5.56 Å². The number of hydrogen-bond donors (Lipinski definition) is 0. The third kappa shape index (κ3) is 3.27. The molecule has 7 aromatic rings. The van der Waals surface area contributed by atoms with Gasteiger partial charge in [-0.1, -0.05) is 137 Å². The Morgan fingerprint density at radius 2 is 0.833 bits per heavy atom. The van der Waals surface area contributed by atoms with Gasteiger partial charge in [-0.3, -0.25) is 0 Å². The fourth-order valence-corrected chi connectivity index (χ4v) is 6.12. The van der Waals surface area contributed by atoms with E-state index in [1.807, 2.05) is 0 Å². The van der Waals surface area contributed by atoms with Crippen LogP contribution in [0.3, 0.4) is 0 Å². The third-order valence-corrected chi connectivity index (χ3v) is 8.01. The van der Waals surface area contributed by atoms with Crippen LogP contribution in [0.25, 0.3) is 65.3 Å². The molecule has 0 aliphatic rings. The van der Waals surface area contributed by atoms with E-state index < -0.39 is 0 Å². The van der Waals surface area contributed by atoms with E-state index in [4.69, 9.17) is 0 Å². The molecular formula is C35H23Br. The maximum atomic E-state index is 3.71. The van der Waals surface area contributed by atoms with Crippen molar-refractivity contribution in [3.8, 4) is 22.3 Å². The van der Waals surface area contributed by atoms with Gasteiger partial charge >= 0.3 is 0 Å². The molecular weight excluding hydrogens is 500 g/mol. The van der Waals surface area contributed by atoms with Gasteiger partial charge in [-0.15, -0.1) is 0 Å². The summed E-state index contributed by atoms with van der Waals surface area (Å²) in [6, 6.07) is 46.7. The first-order valence-corrected chi connectivity index (χ1v) is 13.5. The minimum absolute atomic E-state index is 0.828. The minimum atomic E-state index is 0.828. The Morgan fingerprint density at radius 1 is 0.389 bits per heavy atom.